The van der Waals surface area contributed by atoms with Crippen LogP contribution >= 0.6 is 0 Å². The normalized spacial score (nSPS) is 21.4. The molecule has 2 N–H and O–H groups in total. The van der Waals surface area contributed by atoms with Gasteiger partial charge in [0.15, 0.2) is 0 Å². The van der Waals surface area contributed by atoms with Gasteiger partial charge in [0.25, 0.3) is 0 Å². The number of hydrogen-bond donors (Lipinski definition) is 2. The van der Waals surface area contributed by atoms with Crippen molar-refractivity contribution in [2.75, 3.05) is 36.4 Å². The van der Waals surface area contributed by atoms with E-state index < -0.39 is 6.09 Å². The van der Waals surface area contributed by atoms with E-state index in [-0.39, 0.29) is 0 Å². The minimum Gasteiger partial charge on any atom is -0.410 e. The van der Waals surface area contributed by atoms with E-state index in [0.717, 1.165) is 47.2 Å². The number of carbonyl (C=O) groups excluding carboxylic acids is 1. The fourth-order valence-electron chi connectivity index (χ4n) is 5.13. The van der Waals surface area contributed by atoms with E-state index in [1.807, 2.05) is 37.4 Å². The molecule has 6 nitrogen and oxygen atoms in total. The number of nitrogens with zero attached hydrogens (tertiary/aromatic N) is 2. The summed E-state index contributed by atoms with van der Waals surface area (Å²) in [5, 5.41) is 3.97. The molecule has 2 unspecified atom stereocenters. The Bertz CT molecular complexity index is 1110. The van der Waals surface area contributed by atoms with Crippen molar-refractivity contribution in [3.8, 4) is 5.75 Å². The van der Waals surface area contributed by atoms with Gasteiger partial charge in [0.05, 0.1) is 0 Å². The quantitative estimate of drug-likeness (QED) is 0.567. The molecule has 2 saturated heterocycles. The number of likely N-dealkylation sites (tertiary alicyclic amines) is 1. The number of aromatic amines is 1. The largest absolute Gasteiger partial charge is 0.417 e. The van der Waals surface area contributed by atoms with Gasteiger partial charge < -0.3 is 19.5 Å². The second-order valence-corrected chi connectivity index (χ2v) is 9.33. The first-order valence-electron chi connectivity index (χ1n) is 11.7. The maximum atomic E-state index is 12.4. The highest BCUT2D eigenvalue weighted by molar-refractivity contribution is 5.88. The van der Waals surface area contributed by atoms with Crippen molar-refractivity contribution < 1.29 is 9.53 Å². The Hall–Kier alpha value is -2.99. The number of aryl methyl sites for hydroxylation is 1. The first-order valence-corrected chi connectivity index (χ1v) is 11.7. The van der Waals surface area contributed by atoms with Crippen molar-refractivity contribution in [1.82, 2.24) is 9.88 Å². The fraction of sp³-hybridized carbons (Fsp3) is 0.423. The average Bonchev–Trinajstić information content (AvgIpc) is 3.51. The zero-order valence-electron chi connectivity index (χ0n) is 18.9. The molecule has 1 aromatic heterocycles. The Morgan fingerprint density at radius 3 is 2.88 bits per heavy atom. The third-order valence-corrected chi connectivity index (χ3v) is 7.02. The lowest BCUT2D eigenvalue weighted by Gasteiger charge is -2.25. The maximum absolute atomic E-state index is 12.4. The van der Waals surface area contributed by atoms with Gasteiger partial charge in [0, 0.05) is 54.8 Å². The van der Waals surface area contributed by atoms with E-state index in [1.54, 1.807) is 6.07 Å². The second kappa shape index (κ2) is 8.87. The number of fused-ring (bicyclic) bond motifs is 1. The Morgan fingerprint density at radius 1 is 1.16 bits per heavy atom. The molecule has 2 aromatic carbocycles. The van der Waals surface area contributed by atoms with Crippen molar-refractivity contribution in [2.24, 2.45) is 5.92 Å². The van der Waals surface area contributed by atoms with Crippen LogP contribution in [0.1, 0.15) is 31.7 Å². The standard InChI is InChI=1S/C26H32N4O2/c1-18-14-22(30-13-10-20(17-30)16-29-12-3-4-19(29)2)6-8-24(18)28-26(31)32-23-7-5-21-9-11-27-25(21)15-23/h5-9,11,14-15,19-20,27H,3-4,10,12-13,16-17H2,1-2H3,(H,28,31). The monoisotopic (exact) mass is 432 g/mol. The maximum Gasteiger partial charge on any atom is 0.417 e. The molecular formula is C26H32N4O2. The van der Waals surface area contributed by atoms with Gasteiger partial charge in [-0.25, -0.2) is 4.79 Å². The lowest BCUT2D eigenvalue weighted by molar-refractivity contribution is 0.215. The predicted molar refractivity (Wildman–Crippen MR) is 130 cm³/mol. The third kappa shape index (κ3) is 4.46. The summed E-state index contributed by atoms with van der Waals surface area (Å²) in [6, 6.07) is 14.5. The van der Waals surface area contributed by atoms with E-state index in [9.17, 15) is 4.79 Å². The van der Waals surface area contributed by atoms with Gasteiger partial charge in [0.2, 0.25) is 0 Å². The molecule has 0 spiro atoms. The lowest BCUT2D eigenvalue weighted by Crippen LogP contribution is -2.33. The molecule has 3 aromatic rings. The van der Waals surface area contributed by atoms with Crippen LogP contribution in [0.3, 0.4) is 0 Å². The second-order valence-electron chi connectivity index (χ2n) is 9.33. The molecular weight excluding hydrogens is 400 g/mol. The van der Waals surface area contributed by atoms with Gasteiger partial charge in [-0.05, 0) is 92.9 Å². The molecule has 1 amide bonds. The van der Waals surface area contributed by atoms with E-state index in [0.29, 0.717) is 5.75 Å². The van der Waals surface area contributed by atoms with Gasteiger partial charge in [-0.1, -0.05) is 0 Å². The van der Waals surface area contributed by atoms with Crippen LogP contribution in [0.5, 0.6) is 5.75 Å². The average molecular weight is 433 g/mol. The van der Waals surface area contributed by atoms with Crippen LogP contribution < -0.4 is 15.0 Å². The number of H-pyrrole nitrogens is 1. The van der Waals surface area contributed by atoms with Gasteiger partial charge in [0.1, 0.15) is 5.75 Å². The van der Waals surface area contributed by atoms with Crippen LogP contribution in [0.4, 0.5) is 16.2 Å². The predicted octanol–water partition coefficient (Wildman–Crippen LogP) is 5.40. The zero-order valence-corrected chi connectivity index (χ0v) is 18.9. The van der Waals surface area contributed by atoms with Gasteiger partial charge >= 0.3 is 6.09 Å². The number of carbonyl (C=O) groups is 1. The molecule has 2 aliphatic heterocycles. The summed E-state index contributed by atoms with van der Waals surface area (Å²) in [4.78, 5) is 20.7. The molecule has 2 atom stereocenters. The SMILES string of the molecule is Cc1cc(N2CCC(CN3CCCC3C)C2)ccc1NC(=O)Oc1ccc2cc[nH]c2c1. The van der Waals surface area contributed by atoms with Crippen molar-refractivity contribution in [1.29, 1.82) is 0 Å². The number of anilines is 2. The third-order valence-electron chi connectivity index (χ3n) is 7.02. The number of nitrogens with one attached hydrogen (secondary N) is 2. The number of ether oxygens (including phenoxy) is 1. The van der Waals surface area contributed by atoms with Crippen molar-refractivity contribution in [2.45, 2.75) is 39.2 Å². The summed E-state index contributed by atoms with van der Waals surface area (Å²) in [5.41, 5.74) is 3.99. The summed E-state index contributed by atoms with van der Waals surface area (Å²) >= 11 is 0. The van der Waals surface area contributed by atoms with Crippen LogP contribution in [-0.4, -0.2) is 48.2 Å². The van der Waals surface area contributed by atoms with Crippen molar-refractivity contribution in [3.63, 3.8) is 0 Å². The Kier molecular flexibility index (Phi) is 5.79. The van der Waals surface area contributed by atoms with Crippen molar-refractivity contribution >= 4 is 28.4 Å². The molecule has 0 radical (unpaired) electrons. The topological polar surface area (TPSA) is 60.6 Å². The van der Waals surface area contributed by atoms with Gasteiger partial charge in [-0.2, -0.15) is 0 Å². The highest BCUT2D eigenvalue weighted by Gasteiger charge is 2.28. The molecule has 32 heavy (non-hydrogen) atoms. The minimum absolute atomic E-state index is 0.479. The highest BCUT2D eigenvalue weighted by atomic mass is 16.6. The lowest BCUT2D eigenvalue weighted by atomic mass is 10.1. The van der Waals surface area contributed by atoms with Crippen molar-refractivity contribution in [3.05, 3.63) is 54.2 Å². The van der Waals surface area contributed by atoms with E-state index in [4.69, 9.17) is 4.74 Å². The zero-order chi connectivity index (χ0) is 22.1. The van der Waals surface area contributed by atoms with Gasteiger partial charge in [-0.15, -0.1) is 0 Å². The van der Waals surface area contributed by atoms with Crippen LogP contribution in [0, 0.1) is 12.8 Å². The molecule has 168 valence electrons. The molecule has 0 aliphatic carbocycles. The molecule has 2 aliphatic rings. The molecule has 0 bridgehead atoms. The van der Waals surface area contributed by atoms with Crippen LogP contribution in [0.15, 0.2) is 48.7 Å². The highest BCUT2D eigenvalue weighted by Crippen LogP contribution is 2.29. The van der Waals surface area contributed by atoms with Gasteiger partial charge in [-0.3, -0.25) is 5.32 Å². The molecule has 5 rings (SSSR count). The van der Waals surface area contributed by atoms with E-state index >= 15 is 0 Å². The summed E-state index contributed by atoms with van der Waals surface area (Å²) < 4.78 is 5.48. The summed E-state index contributed by atoms with van der Waals surface area (Å²) in [5.74, 6) is 1.25. The van der Waals surface area contributed by atoms with Crippen LogP contribution in [0.25, 0.3) is 10.9 Å². The Balaban J connectivity index is 1.18. The van der Waals surface area contributed by atoms with E-state index in [1.165, 1.54) is 38.0 Å². The number of hydrogen-bond acceptors (Lipinski definition) is 4. The fourth-order valence-corrected chi connectivity index (χ4v) is 5.13. The summed E-state index contributed by atoms with van der Waals surface area (Å²) in [6.07, 6.45) is 5.32. The molecule has 2 fully saturated rings. The summed E-state index contributed by atoms with van der Waals surface area (Å²) in [7, 11) is 0. The molecule has 6 heteroatoms. The Labute approximate surface area is 189 Å². The number of aromatic nitrogens is 1. The van der Waals surface area contributed by atoms with Crippen LogP contribution in [0.2, 0.25) is 0 Å². The number of amides is 1. The first-order chi connectivity index (χ1) is 15.5. The van der Waals surface area contributed by atoms with E-state index in [2.05, 4.69) is 39.2 Å². The first kappa shape index (κ1) is 20.9. The molecule has 0 saturated carbocycles. The number of benzene rings is 2. The number of rotatable bonds is 5. The van der Waals surface area contributed by atoms with Crippen LogP contribution in [-0.2, 0) is 0 Å². The smallest absolute Gasteiger partial charge is 0.410 e. The summed E-state index contributed by atoms with van der Waals surface area (Å²) in [6.45, 7) is 9.07. The minimum atomic E-state index is -0.479. The Morgan fingerprint density at radius 2 is 2.06 bits per heavy atom. The molecule has 3 heterocycles.